The van der Waals surface area contributed by atoms with Gasteiger partial charge in [0.1, 0.15) is 11.2 Å². The SMILES string of the molecule is COC(=O)C(C)(C)C(=O)N(C)c1ccc(F)c(C)c1. The lowest BCUT2D eigenvalue weighted by atomic mass is 9.91. The normalized spacial score (nSPS) is 11.1. The molecule has 19 heavy (non-hydrogen) atoms. The van der Waals surface area contributed by atoms with Gasteiger partial charge in [0.2, 0.25) is 5.91 Å². The van der Waals surface area contributed by atoms with Crippen LogP contribution in [0.3, 0.4) is 0 Å². The zero-order valence-electron chi connectivity index (χ0n) is 11.8. The first-order valence-electron chi connectivity index (χ1n) is 5.84. The Morgan fingerprint density at radius 2 is 1.89 bits per heavy atom. The largest absolute Gasteiger partial charge is 0.468 e. The maximum absolute atomic E-state index is 13.2. The van der Waals surface area contributed by atoms with Crippen molar-refractivity contribution in [1.82, 2.24) is 0 Å². The number of nitrogens with zero attached hydrogens (tertiary/aromatic N) is 1. The fourth-order valence-corrected chi connectivity index (χ4v) is 1.72. The van der Waals surface area contributed by atoms with Gasteiger partial charge in [-0.1, -0.05) is 0 Å². The van der Waals surface area contributed by atoms with Gasteiger partial charge in [-0.05, 0) is 44.5 Å². The van der Waals surface area contributed by atoms with Crippen LogP contribution in [0.1, 0.15) is 19.4 Å². The number of amides is 1. The van der Waals surface area contributed by atoms with Crippen LogP contribution in [0.2, 0.25) is 0 Å². The molecule has 1 aromatic carbocycles. The molecule has 1 aromatic rings. The van der Waals surface area contributed by atoms with Crippen molar-refractivity contribution in [1.29, 1.82) is 0 Å². The first-order chi connectivity index (χ1) is 8.71. The number of carbonyl (C=O) groups excluding carboxylic acids is 2. The van der Waals surface area contributed by atoms with Gasteiger partial charge in [-0.15, -0.1) is 0 Å². The summed E-state index contributed by atoms with van der Waals surface area (Å²) in [5.41, 5.74) is -0.319. The van der Waals surface area contributed by atoms with Gasteiger partial charge in [-0.2, -0.15) is 0 Å². The number of benzene rings is 1. The molecule has 0 unspecified atom stereocenters. The maximum Gasteiger partial charge on any atom is 0.320 e. The zero-order chi connectivity index (χ0) is 14.8. The van der Waals surface area contributed by atoms with Crippen LogP contribution in [-0.4, -0.2) is 26.0 Å². The van der Waals surface area contributed by atoms with Gasteiger partial charge >= 0.3 is 5.97 Å². The fraction of sp³-hybridized carbons (Fsp3) is 0.429. The highest BCUT2D eigenvalue weighted by Crippen LogP contribution is 2.25. The molecule has 0 saturated carbocycles. The highest BCUT2D eigenvalue weighted by Gasteiger charge is 2.39. The van der Waals surface area contributed by atoms with E-state index in [1.165, 1.54) is 38.0 Å². The molecule has 0 aromatic heterocycles. The molecule has 0 N–H and O–H groups in total. The number of esters is 1. The van der Waals surface area contributed by atoms with Gasteiger partial charge in [0.25, 0.3) is 0 Å². The predicted molar refractivity (Wildman–Crippen MR) is 70.3 cm³/mol. The average molecular weight is 267 g/mol. The Hall–Kier alpha value is -1.91. The van der Waals surface area contributed by atoms with Gasteiger partial charge in [0.15, 0.2) is 0 Å². The van der Waals surface area contributed by atoms with Crippen molar-refractivity contribution < 1.29 is 18.7 Å². The molecule has 1 amide bonds. The third-order valence-corrected chi connectivity index (χ3v) is 3.06. The number of carbonyl (C=O) groups is 2. The first-order valence-corrected chi connectivity index (χ1v) is 5.84. The van der Waals surface area contributed by atoms with Gasteiger partial charge < -0.3 is 9.64 Å². The van der Waals surface area contributed by atoms with E-state index in [4.69, 9.17) is 0 Å². The monoisotopic (exact) mass is 267 g/mol. The smallest absolute Gasteiger partial charge is 0.320 e. The molecule has 0 fully saturated rings. The van der Waals surface area contributed by atoms with Crippen LogP contribution < -0.4 is 4.90 Å². The first kappa shape index (κ1) is 15.1. The van der Waals surface area contributed by atoms with E-state index in [2.05, 4.69) is 4.74 Å². The lowest BCUT2D eigenvalue weighted by Crippen LogP contribution is -2.44. The van der Waals surface area contributed by atoms with Gasteiger partial charge in [0.05, 0.1) is 7.11 Å². The molecule has 0 spiro atoms. The number of halogens is 1. The molecular formula is C14H18FNO3. The van der Waals surface area contributed by atoms with Gasteiger partial charge in [-0.25, -0.2) is 4.39 Å². The molecule has 5 heteroatoms. The zero-order valence-corrected chi connectivity index (χ0v) is 11.8. The Kier molecular flexibility index (Phi) is 4.29. The van der Waals surface area contributed by atoms with Crippen molar-refractivity contribution >= 4 is 17.6 Å². The van der Waals surface area contributed by atoms with Crippen molar-refractivity contribution in [2.75, 3.05) is 19.1 Å². The summed E-state index contributed by atoms with van der Waals surface area (Å²) in [5.74, 6) is -1.36. The number of methoxy groups -OCH3 is 1. The summed E-state index contributed by atoms with van der Waals surface area (Å²) in [7, 11) is 2.78. The van der Waals surface area contributed by atoms with Gasteiger partial charge in [0, 0.05) is 12.7 Å². The number of aryl methyl sites for hydroxylation is 1. The second-order valence-corrected chi connectivity index (χ2v) is 4.91. The van der Waals surface area contributed by atoms with Crippen LogP contribution >= 0.6 is 0 Å². The van der Waals surface area contributed by atoms with E-state index < -0.39 is 17.3 Å². The minimum atomic E-state index is -1.29. The molecule has 0 aliphatic heterocycles. The Labute approximate surface area is 112 Å². The molecule has 0 radical (unpaired) electrons. The third-order valence-electron chi connectivity index (χ3n) is 3.06. The van der Waals surface area contributed by atoms with Crippen molar-refractivity contribution in [3.05, 3.63) is 29.6 Å². The van der Waals surface area contributed by atoms with Crippen molar-refractivity contribution in [2.24, 2.45) is 5.41 Å². The molecule has 0 heterocycles. The topological polar surface area (TPSA) is 46.6 Å². The van der Waals surface area contributed by atoms with Crippen molar-refractivity contribution in [3.63, 3.8) is 0 Å². The Morgan fingerprint density at radius 3 is 2.37 bits per heavy atom. The number of hydrogen-bond donors (Lipinski definition) is 0. The lowest BCUT2D eigenvalue weighted by Gasteiger charge is -2.27. The lowest BCUT2D eigenvalue weighted by molar-refractivity contribution is -0.155. The van der Waals surface area contributed by atoms with Crippen molar-refractivity contribution in [3.8, 4) is 0 Å². The Morgan fingerprint density at radius 1 is 1.32 bits per heavy atom. The van der Waals surface area contributed by atoms with Crippen LogP contribution in [-0.2, 0) is 14.3 Å². The molecule has 104 valence electrons. The summed E-state index contributed by atoms with van der Waals surface area (Å²) in [6.07, 6.45) is 0. The Balaban J connectivity index is 3.05. The summed E-state index contributed by atoms with van der Waals surface area (Å²) in [6.45, 7) is 4.60. The summed E-state index contributed by atoms with van der Waals surface area (Å²) >= 11 is 0. The minimum absolute atomic E-state index is 0.336. The van der Waals surface area contributed by atoms with E-state index in [1.54, 1.807) is 20.0 Å². The summed E-state index contributed by atoms with van der Waals surface area (Å²) in [4.78, 5) is 25.2. The number of ether oxygens (including phenoxy) is 1. The average Bonchev–Trinajstić information content (AvgIpc) is 2.38. The fourth-order valence-electron chi connectivity index (χ4n) is 1.72. The van der Waals surface area contributed by atoms with Crippen LogP contribution in [0.4, 0.5) is 10.1 Å². The van der Waals surface area contributed by atoms with Crippen LogP contribution in [0.25, 0.3) is 0 Å². The Bertz CT molecular complexity index is 511. The standard InChI is InChI=1S/C14H18FNO3/c1-9-8-10(6-7-11(9)15)16(4)12(17)14(2,3)13(18)19-5/h6-8H,1-5H3. The molecule has 0 aliphatic rings. The number of rotatable bonds is 3. The third kappa shape index (κ3) is 2.92. The van der Waals surface area contributed by atoms with Crippen molar-refractivity contribution in [2.45, 2.75) is 20.8 Å². The van der Waals surface area contributed by atoms with Gasteiger partial charge in [-0.3, -0.25) is 9.59 Å². The van der Waals surface area contributed by atoms with E-state index in [-0.39, 0.29) is 5.82 Å². The molecule has 4 nitrogen and oxygen atoms in total. The molecule has 0 atom stereocenters. The molecule has 1 rings (SSSR count). The van der Waals surface area contributed by atoms with E-state index in [0.29, 0.717) is 11.3 Å². The van der Waals surface area contributed by atoms with E-state index >= 15 is 0 Å². The van der Waals surface area contributed by atoms with Crippen LogP contribution in [0.15, 0.2) is 18.2 Å². The quantitative estimate of drug-likeness (QED) is 0.623. The van der Waals surface area contributed by atoms with Crippen LogP contribution in [0.5, 0.6) is 0 Å². The molecule has 0 aliphatic carbocycles. The summed E-state index contributed by atoms with van der Waals surface area (Å²) in [5, 5.41) is 0. The number of hydrogen-bond acceptors (Lipinski definition) is 3. The maximum atomic E-state index is 13.2. The van der Waals surface area contributed by atoms with Crippen LogP contribution in [0, 0.1) is 18.2 Å². The van der Waals surface area contributed by atoms with E-state index in [9.17, 15) is 14.0 Å². The highest BCUT2D eigenvalue weighted by atomic mass is 19.1. The summed E-state index contributed by atoms with van der Waals surface area (Å²) < 4.78 is 17.8. The second kappa shape index (κ2) is 5.38. The van der Waals surface area contributed by atoms with E-state index in [0.717, 1.165) is 0 Å². The predicted octanol–water partition coefficient (Wildman–Crippen LogP) is 2.30. The second-order valence-electron chi connectivity index (χ2n) is 4.91. The highest BCUT2D eigenvalue weighted by molar-refractivity contribution is 6.09. The van der Waals surface area contributed by atoms with E-state index in [1.807, 2.05) is 0 Å². The minimum Gasteiger partial charge on any atom is -0.468 e. The molecular weight excluding hydrogens is 249 g/mol. The summed E-state index contributed by atoms with van der Waals surface area (Å²) in [6, 6.07) is 4.34. The number of anilines is 1. The molecule has 0 bridgehead atoms. The molecule has 0 saturated heterocycles.